The number of aryl methyl sites for hydroxylation is 2. The summed E-state index contributed by atoms with van der Waals surface area (Å²) in [6.45, 7) is 6.19. The lowest BCUT2D eigenvalue weighted by molar-refractivity contribution is 0.102. The van der Waals surface area contributed by atoms with Crippen molar-refractivity contribution in [2.45, 2.75) is 18.7 Å². The monoisotopic (exact) mass is 496 g/mol. The number of sulfonamides is 1. The minimum Gasteiger partial charge on any atom is -0.480 e. The number of benzene rings is 2. The molecule has 9 nitrogen and oxygen atoms in total. The second-order valence-electron chi connectivity index (χ2n) is 8.17. The largest absolute Gasteiger partial charge is 0.480 e. The lowest BCUT2D eigenvalue weighted by atomic mass is 10.1. The SMILES string of the molecule is COc1ncc(NC(=O)c2ccccc2N2CCOCC2)cc1S(=O)(=O)Nc1c(C)cccc1C. The maximum absolute atomic E-state index is 13.3. The van der Waals surface area contributed by atoms with E-state index in [0.29, 0.717) is 37.6 Å². The summed E-state index contributed by atoms with van der Waals surface area (Å²) >= 11 is 0. The maximum Gasteiger partial charge on any atom is 0.267 e. The van der Waals surface area contributed by atoms with Gasteiger partial charge in [-0.05, 0) is 43.2 Å². The van der Waals surface area contributed by atoms with Crippen molar-refractivity contribution >= 4 is 33.0 Å². The van der Waals surface area contributed by atoms with Crippen LogP contribution in [-0.4, -0.2) is 52.7 Å². The van der Waals surface area contributed by atoms with Gasteiger partial charge in [0.1, 0.15) is 0 Å². The van der Waals surface area contributed by atoms with E-state index in [0.717, 1.165) is 16.8 Å². The lowest BCUT2D eigenvalue weighted by Crippen LogP contribution is -2.37. The van der Waals surface area contributed by atoms with Gasteiger partial charge in [0.25, 0.3) is 15.9 Å². The highest BCUT2D eigenvalue weighted by Gasteiger charge is 2.24. The van der Waals surface area contributed by atoms with E-state index in [2.05, 4.69) is 19.9 Å². The van der Waals surface area contributed by atoms with Crippen LogP contribution in [0.4, 0.5) is 17.1 Å². The Morgan fingerprint density at radius 1 is 1.06 bits per heavy atom. The van der Waals surface area contributed by atoms with Gasteiger partial charge in [-0.25, -0.2) is 13.4 Å². The van der Waals surface area contributed by atoms with Gasteiger partial charge in [0.15, 0.2) is 4.90 Å². The Labute approximate surface area is 205 Å². The van der Waals surface area contributed by atoms with Crippen molar-refractivity contribution in [2.75, 3.05) is 48.4 Å². The average Bonchev–Trinajstić information content (AvgIpc) is 2.87. The van der Waals surface area contributed by atoms with Crippen LogP contribution in [0, 0.1) is 13.8 Å². The third kappa shape index (κ3) is 5.39. The first-order valence-electron chi connectivity index (χ1n) is 11.2. The number of nitrogens with one attached hydrogen (secondary N) is 2. The Morgan fingerprint density at radius 2 is 1.74 bits per heavy atom. The standard InChI is InChI=1S/C25H28N4O5S/c1-17-7-6-8-18(2)23(17)28-35(31,32)22-15-19(16-26-25(22)33-3)27-24(30)20-9-4-5-10-21(20)29-11-13-34-14-12-29/h4-10,15-16,28H,11-14H2,1-3H3,(H,27,30). The number of morpholine rings is 1. The van der Waals surface area contributed by atoms with Crippen molar-refractivity contribution in [3.63, 3.8) is 0 Å². The third-order valence-corrected chi connectivity index (χ3v) is 7.12. The summed E-state index contributed by atoms with van der Waals surface area (Å²) in [5.41, 5.74) is 3.55. The number of carbonyl (C=O) groups is 1. The molecule has 0 radical (unpaired) electrons. The van der Waals surface area contributed by atoms with E-state index in [1.807, 2.05) is 44.2 Å². The zero-order valence-corrected chi connectivity index (χ0v) is 20.7. The number of ether oxygens (including phenoxy) is 2. The summed E-state index contributed by atoms with van der Waals surface area (Å²) in [5, 5.41) is 2.78. The summed E-state index contributed by atoms with van der Waals surface area (Å²) in [7, 11) is -2.72. The molecule has 2 heterocycles. The fourth-order valence-corrected chi connectivity index (χ4v) is 5.30. The molecule has 2 aromatic carbocycles. The molecule has 4 rings (SSSR count). The van der Waals surface area contributed by atoms with Crippen LogP contribution in [0.15, 0.2) is 59.6 Å². The van der Waals surface area contributed by atoms with Crippen LogP contribution in [0.25, 0.3) is 0 Å². The average molecular weight is 497 g/mol. The van der Waals surface area contributed by atoms with E-state index in [4.69, 9.17) is 9.47 Å². The highest BCUT2D eigenvalue weighted by molar-refractivity contribution is 7.92. The molecule has 0 spiro atoms. The van der Waals surface area contributed by atoms with Crippen molar-refractivity contribution in [3.05, 3.63) is 71.4 Å². The van der Waals surface area contributed by atoms with E-state index in [1.165, 1.54) is 19.4 Å². The molecule has 1 aliphatic rings. The zero-order valence-electron chi connectivity index (χ0n) is 19.9. The minimum absolute atomic E-state index is 0.0737. The van der Waals surface area contributed by atoms with Crippen LogP contribution in [0.3, 0.4) is 0 Å². The Balaban J connectivity index is 1.63. The smallest absolute Gasteiger partial charge is 0.267 e. The van der Waals surface area contributed by atoms with Crippen molar-refractivity contribution in [2.24, 2.45) is 0 Å². The second kappa shape index (κ2) is 10.3. The molecular weight excluding hydrogens is 468 g/mol. The van der Waals surface area contributed by atoms with Gasteiger partial charge in [0.05, 0.1) is 43.5 Å². The van der Waals surface area contributed by atoms with Crippen LogP contribution in [-0.2, 0) is 14.8 Å². The quantitative estimate of drug-likeness (QED) is 0.514. The molecule has 0 saturated carbocycles. The van der Waals surface area contributed by atoms with Crippen molar-refractivity contribution in [1.29, 1.82) is 0 Å². The minimum atomic E-state index is -4.06. The zero-order chi connectivity index (χ0) is 25.0. The predicted octanol–water partition coefficient (Wildman–Crippen LogP) is 3.60. The number of carbonyl (C=O) groups excluding carboxylic acids is 1. The number of pyridine rings is 1. The first kappa shape index (κ1) is 24.5. The van der Waals surface area contributed by atoms with Crippen LogP contribution in [0.5, 0.6) is 5.88 Å². The van der Waals surface area contributed by atoms with Gasteiger partial charge in [-0.3, -0.25) is 9.52 Å². The van der Waals surface area contributed by atoms with Gasteiger partial charge in [0.2, 0.25) is 5.88 Å². The van der Waals surface area contributed by atoms with Crippen LogP contribution < -0.4 is 19.7 Å². The maximum atomic E-state index is 13.3. The van der Waals surface area contributed by atoms with Crippen molar-refractivity contribution in [3.8, 4) is 5.88 Å². The molecule has 0 bridgehead atoms. The van der Waals surface area contributed by atoms with Crippen LogP contribution in [0.2, 0.25) is 0 Å². The Hall–Kier alpha value is -3.63. The molecule has 1 aliphatic heterocycles. The van der Waals surface area contributed by atoms with E-state index in [9.17, 15) is 13.2 Å². The van der Waals surface area contributed by atoms with Crippen LogP contribution in [0.1, 0.15) is 21.5 Å². The number of anilines is 3. The van der Waals surface area contributed by atoms with Crippen LogP contribution >= 0.6 is 0 Å². The van der Waals surface area contributed by atoms with Gasteiger partial charge < -0.3 is 19.7 Å². The first-order valence-corrected chi connectivity index (χ1v) is 12.6. The number of methoxy groups -OCH3 is 1. The molecule has 3 aromatic rings. The highest BCUT2D eigenvalue weighted by atomic mass is 32.2. The van der Waals surface area contributed by atoms with Gasteiger partial charge in [0, 0.05) is 18.8 Å². The fraction of sp³-hybridized carbons (Fsp3) is 0.280. The molecule has 10 heteroatoms. The molecule has 0 unspecified atom stereocenters. The normalized spacial score (nSPS) is 13.9. The molecule has 1 saturated heterocycles. The summed E-state index contributed by atoms with van der Waals surface area (Å²) < 4.78 is 39.8. The predicted molar refractivity (Wildman–Crippen MR) is 135 cm³/mol. The lowest BCUT2D eigenvalue weighted by Gasteiger charge is -2.30. The van der Waals surface area contributed by atoms with Gasteiger partial charge in [-0.15, -0.1) is 0 Å². The number of aromatic nitrogens is 1. The summed E-state index contributed by atoms with van der Waals surface area (Å²) in [6.07, 6.45) is 1.37. The number of hydrogen-bond acceptors (Lipinski definition) is 7. The van der Waals surface area contributed by atoms with Crippen molar-refractivity contribution in [1.82, 2.24) is 4.98 Å². The van der Waals surface area contributed by atoms with E-state index in [-0.39, 0.29) is 22.4 Å². The van der Waals surface area contributed by atoms with E-state index < -0.39 is 10.0 Å². The molecule has 1 fully saturated rings. The second-order valence-corrected chi connectivity index (χ2v) is 9.83. The van der Waals surface area contributed by atoms with Crippen molar-refractivity contribution < 1.29 is 22.7 Å². The molecule has 0 atom stereocenters. The fourth-order valence-electron chi connectivity index (χ4n) is 3.96. The van der Waals surface area contributed by atoms with Gasteiger partial charge in [-0.1, -0.05) is 30.3 Å². The Bertz CT molecular complexity index is 1320. The number of para-hydroxylation sites is 2. The molecule has 1 amide bonds. The number of amides is 1. The summed E-state index contributed by atoms with van der Waals surface area (Å²) in [4.78, 5) is 19.2. The summed E-state index contributed by atoms with van der Waals surface area (Å²) in [6, 6.07) is 14.1. The first-order chi connectivity index (χ1) is 16.8. The number of hydrogen-bond donors (Lipinski definition) is 2. The topological polar surface area (TPSA) is 110 Å². The molecule has 0 aliphatic carbocycles. The van der Waals surface area contributed by atoms with E-state index in [1.54, 1.807) is 12.1 Å². The number of rotatable bonds is 7. The molecule has 2 N–H and O–H groups in total. The van der Waals surface area contributed by atoms with E-state index >= 15 is 0 Å². The Kier molecular flexibility index (Phi) is 7.23. The third-order valence-electron chi connectivity index (χ3n) is 5.78. The molecular formula is C25H28N4O5S. The highest BCUT2D eigenvalue weighted by Crippen LogP contribution is 2.30. The van der Waals surface area contributed by atoms with Gasteiger partial charge >= 0.3 is 0 Å². The molecule has 184 valence electrons. The number of nitrogens with zero attached hydrogens (tertiary/aromatic N) is 2. The molecule has 1 aromatic heterocycles. The molecule has 35 heavy (non-hydrogen) atoms. The van der Waals surface area contributed by atoms with Gasteiger partial charge in [-0.2, -0.15) is 0 Å². The summed E-state index contributed by atoms with van der Waals surface area (Å²) in [5.74, 6) is -0.444. The Morgan fingerprint density at radius 3 is 2.43 bits per heavy atom.